The lowest BCUT2D eigenvalue weighted by Crippen LogP contribution is -2.29. The molecule has 2 aliphatic rings. The summed E-state index contributed by atoms with van der Waals surface area (Å²) in [6, 6.07) is 0.291. The SMILES string of the molecule is Cc1cnn(C2CCN(C(=O)c3cn[nH]c3C3CC3)C2)c1. The summed E-state index contributed by atoms with van der Waals surface area (Å²) in [6.45, 7) is 3.56. The molecule has 1 aliphatic heterocycles. The Morgan fingerprint density at radius 2 is 2.19 bits per heavy atom. The van der Waals surface area contributed by atoms with E-state index in [9.17, 15) is 4.79 Å². The fourth-order valence-electron chi connectivity index (χ4n) is 3.10. The van der Waals surface area contributed by atoms with Crippen molar-refractivity contribution in [2.24, 2.45) is 0 Å². The predicted octanol–water partition coefficient (Wildman–Crippen LogP) is 1.88. The van der Waals surface area contributed by atoms with Crippen LogP contribution in [0.25, 0.3) is 0 Å². The Kier molecular flexibility index (Phi) is 2.83. The minimum absolute atomic E-state index is 0.108. The summed E-state index contributed by atoms with van der Waals surface area (Å²) in [5, 5.41) is 11.4. The van der Waals surface area contributed by atoms with Gasteiger partial charge in [-0.05, 0) is 31.7 Å². The third-order valence-electron chi connectivity index (χ3n) is 4.44. The normalized spacial score (nSPS) is 22.0. The van der Waals surface area contributed by atoms with Gasteiger partial charge < -0.3 is 4.90 Å². The zero-order valence-electron chi connectivity index (χ0n) is 12.1. The molecule has 0 aromatic carbocycles. The molecule has 1 aliphatic carbocycles. The first-order valence-electron chi connectivity index (χ1n) is 7.55. The lowest BCUT2D eigenvalue weighted by molar-refractivity contribution is 0.0786. The molecule has 0 radical (unpaired) electrons. The molecule has 2 aromatic heterocycles. The van der Waals surface area contributed by atoms with Crippen molar-refractivity contribution in [3.63, 3.8) is 0 Å². The van der Waals surface area contributed by atoms with Gasteiger partial charge >= 0.3 is 0 Å². The van der Waals surface area contributed by atoms with E-state index in [0.29, 0.717) is 12.0 Å². The third kappa shape index (κ3) is 2.24. The average molecular weight is 285 g/mol. The van der Waals surface area contributed by atoms with E-state index in [-0.39, 0.29) is 5.91 Å². The van der Waals surface area contributed by atoms with E-state index in [1.165, 1.54) is 0 Å². The molecule has 1 N–H and O–H groups in total. The van der Waals surface area contributed by atoms with Gasteiger partial charge in [0.1, 0.15) is 0 Å². The van der Waals surface area contributed by atoms with Crippen LogP contribution in [0.15, 0.2) is 18.6 Å². The van der Waals surface area contributed by atoms with Crippen molar-refractivity contribution >= 4 is 5.91 Å². The molecule has 2 fully saturated rings. The van der Waals surface area contributed by atoms with Crippen molar-refractivity contribution in [2.75, 3.05) is 13.1 Å². The number of likely N-dealkylation sites (tertiary alicyclic amines) is 1. The van der Waals surface area contributed by atoms with E-state index >= 15 is 0 Å². The first kappa shape index (κ1) is 12.6. The molecule has 6 nitrogen and oxygen atoms in total. The summed E-state index contributed by atoms with van der Waals surface area (Å²) in [6.07, 6.45) is 8.89. The summed E-state index contributed by atoms with van der Waals surface area (Å²) >= 11 is 0. The van der Waals surface area contributed by atoms with Crippen molar-refractivity contribution in [3.05, 3.63) is 35.4 Å². The minimum Gasteiger partial charge on any atom is -0.336 e. The van der Waals surface area contributed by atoms with Gasteiger partial charge in [-0.1, -0.05) is 0 Å². The lowest BCUT2D eigenvalue weighted by atomic mass is 10.1. The van der Waals surface area contributed by atoms with Crippen LogP contribution in [0.1, 0.15) is 52.8 Å². The zero-order chi connectivity index (χ0) is 14.4. The first-order chi connectivity index (χ1) is 10.2. The van der Waals surface area contributed by atoms with Crippen LogP contribution in [-0.2, 0) is 0 Å². The number of aryl methyl sites for hydroxylation is 1. The Hall–Kier alpha value is -2.11. The maximum Gasteiger partial charge on any atom is 0.257 e. The molecule has 21 heavy (non-hydrogen) atoms. The molecular weight excluding hydrogens is 266 g/mol. The molecule has 110 valence electrons. The number of carbonyl (C=O) groups is 1. The second-order valence-corrected chi connectivity index (χ2v) is 6.16. The highest BCUT2D eigenvalue weighted by atomic mass is 16.2. The number of nitrogens with one attached hydrogen (secondary N) is 1. The van der Waals surface area contributed by atoms with Crippen molar-refractivity contribution in [1.29, 1.82) is 0 Å². The number of H-pyrrole nitrogens is 1. The van der Waals surface area contributed by atoms with Gasteiger partial charge in [0.25, 0.3) is 5.91 Å². The number of nitrogens with zero attached hydrogens (tertiary/aromatic N) is 4. The van der Waals surface area contributed by atoms with Crippen LogP contribution < -0.4 is 0 Å². The molecule has 0 bridgehead atoms. The van der Waals surface area contributed by atoms with Gasteiger partial charge in [-0.2, -0.15) is 10.2 Å². The van der Waals surface area contributed by atoms with E-state index in [2.05, 4.69) is 15.3 Å². The van der Waals surface area contributed by atoms with Gasteiger partial charge in [-0.15, -0.1) is 0 Å². The van der Waals surface area contributed by atoms with Crippen molar-refractivity contribution in [1.82, 2.24) is 24.9 Å². The Labute approximate surface area is 123 Å². The van der Waals surface area contributed by atoms with Gasteiger partial charge in [0.15, 0.2) is 0 Å². The summed E-state index contributed by atoms with van der Waals surface area (Å²) in [4.78, 5) is 14.6. The topological polar surface area (TPSA) is 66.8 Å². The van der Waals surface area contributed by atoms with Gasteiger partial charge in [0, 0.05) is 25.2 Å². The highest BCUT2D eigenvalue weighted by Crippen LogP contribution is 2.40. The Bertz CT molecular complexity index is 669. The molecule has 1 saturated heterocycles. The molecule has 2 aromatic rings. The molecular formula is C15H19N5O. The van der Waals surface area contributed by atoms with Crippen LogP contribution in [0.2, 0.25) is 0 Å². The second-order valence-electron chi connectivity index (χ2n) is 6.16. The molecule has 3 heterocycles. The minimum atomic E-state index is 0.108. The number of rotatable bonds is 3. The molecule has 6 heteroatoms. The largest absolute Gasteiger partial charge is 0.336 e. The van der Waals surface area contributed by atoms with Gasteiger partial charge in [0.05, 0.1) is 29.7 Å². The van der Waals surface area contributed by atoms with Gasteiger partial charge in [-0.3, -0.25) is 14.6 Å². The average Bonchev–Trinajstić information content (AvgIpc) is 2.94. The van der Waals surface area contributed by atoms with E-state index in [4.69, 9.17) is 0 Å². The number of aromatic nitrogens is 4. The van der Waals surface area contributed by atoms with Crippen LogP contribution in [0.5, 0.6) is 0 Å². The first-order valence-corrected chi connectivity index (χ1v) is 7.55. The number of hydrogen-bond acceptors (Lipinski definition) is 3. The van der Waals surface area contributed by atoms with Crippen molar-refractivity contribution < 1.29 is 4.79 Å². The predicted molar refractivity (Wildman–Crippen MR) is 77.1 cm³/mol. The molecule has 1 saturated carbocycles. The van der Waals surface area contributed by atoms with Crippen LogP contribution in [0.3, 0.4) is 0 Å². The molecule has 1 unspecified atom stereocenters. The molecule has 1 amide bonds. The maximum atomic E-state index is 12.7. The summed E-state index contributed by atoms with van der Waals surface area (Å²) < 4.78 is 1.99. The number of carbonyl (C=O) groups excluding carboxylic acids is 1. The van der Waals surface area contributed by atoms with E-state index < -0.39 is 0 Å². The Balaban J connectivity index is 1.50. The zero-order valence-corrected chi connectivity index (χ0v) is 12.1. The number of hydrogen-bond donors (Lipinski definition) is 1. The number of aromatic amines is 1. The Morgan fingerprint density at radius 3 is 2.90 bits per heavy atom. The Morgan fingerprint density at radius 1 is 1.33 bits per heavy atom. The van der Waals surface area contributed by atoms with Crippen LogP contribution >= 0.6 is 0 Å². The summed E-state index contributed by atoms with van der Waals surface area (Å²) in [5.41, 5.74) is 2.94. The quantitative estimate of drug-likeness (QED) is 0.936. The van der Waals surface area contributed by atoms with Gasteiger partial charge in [0.2, 0.25) is 0 Å². The third-order valence-corrected chi connectivity index (χ3v) is 4.44. The van der Waals surface area contributed by atoms with Crippen molar-refractivity contribution in [2.45, 2.75) is 38.1 Å². The molecule has 1 atom stereocenters. The van der Waals surface area contributed by atoms with Gasteiger partial charge in [-0.25, -0.2) is 0 Å². The molecule has 0 spiro atoms. The summed E-state index contributed by atoms with van der Waals surface area (Å²) in [5.74, 6) is 0.621. The smallest absolute Gasteiger partial charge is 0.257 e. The highest BCUT2D eigenvalue weighted by molar-refractivity contribution is 5.95. The monoisotopic (exact) mass is 285 g/mol. The fourth-order valence-corrected chi connectivity index (χ4v) is 3.10. The summed E-state index contributed by atoms with van der Waals surface area (Å²) in [7, 11) is 0. The lowest BCUT2D eigenvalue weighted by Gasteiger charge is -2.16. The van der Waals surface area contributed by atoms with Crippen LogP contribution in [0, 0.1) is 6.92 Å². The highest BCUT2D eigenvalue weighted by Gasteiger charge is 2.34. The van der Waals surface area contributed by atoms with Crippen LogP contribution in [0.4, 0.5) is 0 Å². The maximum absolute atomic E-state index is 12.7. The fraction of sp³-hybridized carbons (Fsp3) is 0.533. The molecule has 4 rings (SSSR count). The number of amides is 1. The van der Waals surface area contributed by atoms with E-state index in [0.717, 1.165) is 49.2 Å². The van der Waals surface area contributed by atoms with Crippen LogP contribution in [-0.4, -0.2) is 43.9 Å². The standard InChI is InChI=1S/C15H19N5O/c1-10-6-17-20(8-10)12-4-5-19(9-12)15(21)13-7-16-18-14(13)11-2-3-11/h6-8,11-12H,2-5,9H2,1H3,(H,16,18). The second kappa shape index (κ2) is 4.72. The van der Waals surface area contributed by atoms with E-state index in [1.54, 1.807) is 6.20 Å². The van der Waals surface area contributed by atoms with E-state index in [1.807, 2.05) is 28.9 Å². The van der Waals surface area contributed by atoms with Crippen molar-refractivity contribution in [3.8, 4) is 0 Å².